The Hall–Kier alpha value is -0.920. The van der Waals surface area contributed by atoms with Crippen molar-refractivity contribution in [3.8, 4) is 0 Å². The second kappa shape index (κ2) is 6.20. The Morgan fingerprint density at radius 1 is 1.40 bits per heavy atom. The molecule has 0 saturated carbocycles. The van der Waals surface area contributed by atoms with Gasteiger partial charge in [0.25, 0.3) is 0 Å². The van der Waals surface area contributed by atoms with Crippen molar-refractivity contribution in [3.63, 3.8) is 0 Å². The summed E-state index contributed by atoms with van der Waals surface area (Å²) < 4.78 is 10.1. The molecule has 0 unspecified atom stereocenters. The highest BCUT2D eigenvalue weighted by molar-refractivity contribution is 5.04. The summed E-state index contributed by atoms with van der Waals surface area (Å²) >= 11 is 0. The number of hydrogen-bond acceptors (Lipinski definition) is 2. The summed E-state index contributed by atoms with van der Waals surface area (Å²) in [4.78, 5) is 0. The Balaban J connectivity index is 3.66. The summed E-state index contributed by atoms with van der Waals surface area (Å²) in [6.07, 6.45) is 3.19. The maximum atomic E-state index is 5.11. The first kappa shape index (κ1) is 9.08. The van der Waals surface area contributed by atoms with E-state index in [0.29, 0.717) is 19.0 Å². The highest BCUT2D eigenvalue weighted by Gasteiger charge is 1.87. The van der Waals surface area contributed by atoms with Gasteiger partial charge < -0.3 is 9.47 Å². The topological polar surface area (TPSA) is 18.5 Å². The lowest BCUT2D eigenvalue weighted by atomic mass is 10.5. The fourth-order valence-electron chi connectivity index (χ4n) is 0.473. The van der Waals surface area contributed by atoms with E-state index in [0.717, 1.165) is 0 Å². The average molecular weight is 142 g/mol. The van der Waals surface area contributed by atoms with E-state index in [1.807, 2.05) is 13.8 Å². The van der Waals surface area contributed by atoms with Crippen molar-refractivity contribution in [3.05, 3.63) is 24.7 Å². The van der Waals surface area contributed by atoms with Crippen LogP contribution in [0.15, 0.2) is 24.7 Å². The Kier molecular flexibility index (Phi) is 5.63. The first-order valence-corrected chi connectivity index (χ1v) is 3.42. The zero-order valence-corrected chi connectivity index (χ0v) is 6.59. The number of allylic oxidation sites excluding steroid dienone is 1. The van der Waals surface area contributed by atoms with Gasteiger partial charge in [0.1, 0.15) is 6.26 Å². The number of ether oxygens (including phenoxy) is 2. The van der Waals surface area contributed by atoms with Crippen LogP contribution in [0.3, 0.4) is 0 Å². The molecule has 10 heavy (non-hydrogen) atoms. The van der Waals surface area contributed by atoms with Crippen LogP contribution < -0.4 is 0 Å². The van der Waals surface area contributed by atoms with Gasteiger partial charge in [-0.1, -0.05) is 6.58 Å². The highest BCUT2D eigenvalue weighted by Crippen LogP contribution is 1.97. The molecule has 0 aliphatic heterocycles. The molecule has 0 radical (unpaired) electrons. The molecule has 0 heterocycles. The molecule has 0 atom stereocenters. The van der Waals surface area contributed by atoms with Gasteiger partial charge in [0.15, 0.2) is 5.76 Å². The van der Waals surface area contributed by atoms with Crippen LogP contribution in [-0.2, 0) is 9.47 Å². The molecule has 58 valence electrons. The van der Waals surface area contributed by atoms with E-state index in [1.54, 1.807) is 12.3 Å². The van der Waals surface area contributed by atoms with Crippen molar-refractivity contribution < 1.29 is 9.47 Å². The van der Waals surface area contributed by atoms with Crippen molar-refractivity contribution in [2.45, 2.75) is 13.8 Å². The van der Waals surface area contributed by atoms with Crippen LogP contribution in [0.4, 0.5) is 0 Å². The lowest BCUT2D eigenvalue weighted by Gasteiger charge is -2.02. The molecule has 0 aliphatic rings. The maximum absolute atomic E-state index is 5.11. The molecule has 0 spiro atoms. The molecule has 2 nitrogen and oxygen atoms in total. The standard InChI is InChI=1S/C8H14O2/c1-4-8(10-6-3)7-9-5-2/h4,7H,1,5-6H2,2-3H3. The average Bonchev–Trinajstić information content (AvgIpc) is 1.98. The summed E-state index contributed by atoms with van der Waals surface area (Å²) in [5, 5.41) is 0. The van der Waals surface area contributed by atoms with Crippen molar-refractivity contribution in [1.82, 2.24) is 0 Å². The van der Waals surface area contributed by atoms with Gasteiger partial charge in [0.05, 0.1) is 13.2 Å². The van der Waals surface area contributed by atoms with Crippen LogP contribution in [0.25, 0.3) is 0 Å². The van der Waals surface area contributed by atoms with Gasteiger partial charge in [-0.2, -0.15) is 0 Å². The van der Waals surface area contributed by atoms with E-state index < -0.39 is 0 Å². The third-order valence-corrected chi connectivity index (χ3v) is 0.878. The summed E-state index contributed by atoms with van der Waals surface area (Å²) in [5.41, 5.74) is 0. The highest BCUT2D eigenvalue weighted by atomic mass is 16.5. The minimum absolute atomic E-state index is 0.644. The number of hydrogen-bond donors (Lipinski definition) is 0. The maximum Gasteiger partial charge on any atom is 0.153 e. The van der Waals surface area contributed by atoms with E-state index in [2.05, 4.69) is 6.58 Å². The smallest absolute Gasteiger partial charge is 0.153 e. The van der Waals surface area contributed by atoms with Crippen molar-refractivity contribution in [2.75, 3.05) is 13.2 Å². The summed E-state index contributed by atoms with van der Waals surface area (Å²) in [6, 6.07) is 0. The molecule has 0 amide bonds. The molecule has 0 aromatic heterocycles. The van der Waals surface area contributed by atoms with E-state index in [4.69, 9.17) is 9.47 Å². The first-order valence-electron chi connectivity index (χ1n) is 3.42. The first-order chi connectivity index (χ1) is 4.85. The molecule has 0 saturated heterocycles. The van der Waals surface area contributed by atoms with E-state index in [1.165, 1.54) is 0 Å². The fraction of sp³-hybridized carbons (Fsp3) is 0.500. The van der Waals surface area contributed by atoms with Crippen molar-refractivity contribution in [2.24, 2.45) is 0 Å². The quantitative estimate of drug-likeness (QED) is 0.432. The molecule has 0 aromatic rings. The largest absolute Gasteiger partial charge is 0.498 e. The van der Waals surface area contributed by atoms with Gasteiger partial charge >= 0.3 is 0 Å². The molecule has 0 rings (SSSR count). The van der Waals surface area contributed by atoms with Crippen LogP contribution in [-0.4, -0.2) is 13.2 Å². The van der Waals surface area contributed by atoms with Crippen LogP contribution in [0.5, 0.6) is 0 Å². The normalized spacial score (nSPS) is 10.8. The van der Waals surface area contributed by atoms with E-state index >= 15 is 0 Å². The molecule has 0 bridgehead atoms. The third kappa shape index (κ3) is 4.01. The fourth-order valence-corrected chi connectivity index (χ4v) is 0.473. The third-order valence-electron chi connectivity index (χ3n) is 0.878. The minimum atomic E-state index is 0.644. The van der Waals surface area contributed by atoms with Gasteiger partial charge in [-0.15, -0.1) is 0 Å². The van der Waals surface area contributed by atoms with Gasteiger partial charge in [-0.25, -0.2) is 0 Å². The van der Waals surface area contributed by atoms with Gasteiger partial charge in [-0.05, 0) is 19.9 Å². The molecule has 0 aliphatic carbocycles. The van der Waals surface area contributed by atoms with Crippen LogP contribution in [0.1, 0.15) is 13.8 Å². The van der Waals surface area contributed by atoms with Crippen LogP contribution in [0, 0.1) is 0 Å². The van der Waals surface area contributed by atoms with Crippen LogP contribution in [0.2, 0.25) is 0 Å². The van der Waals surface area contributed by atoms with E-state index in [-0.39, 0.29) is 0 Å². The molecule has 2 heteroatoms. The van der Waals surface area contributed by atoms with Gasteiger partial charge in [0.2, 0.25) is 0 Å². The Bertz CT molecular complexity index is 116. The van der Waals surface area contributed by atoms with Crippen molar-refractivity contribution >= 4 is 0 Å². The Labute approximate surface area is 62.1 Å². The van der Waals surface area contributed by atoms with E-state index in [9.17, 15) is 0 Å². The molecule has 0 fully saturated rings. The minimum Gasteiger partial charge on any atom is -0.498 e. The summed E-state index contributed by atoms with van der Waals surface area (Å²) in [5.74, 6) is 0.685. The van der Waals surface area contributed by atoms with Gasteiger partial charge in [-0.3, -0.25) is 0 Å². The van der Waals surface area contributed by atoms with Gasteiger partial charge in [0, 0.05) is 0 Å². The van der Waals surface area contributed by atoms with Crippen LogP contribution >= 0.6 is 0 Å². The zero-order chi connectivity index (χ0) is 7.82. The molecular weight excluding hydrogens is 128 g/mol. The SMILES string of the molecule is C=CC(=COCC)OCC. The summed E-state index contributed by atoms with van der Waals surface area (Å²) in [7, 11) is 0. The van der Waals surface area contributed by atoms with Crippen molar-refractivity contribution in [1.29, 1.82) is 0 Å². The molecule has 0 N–H and O–H groups in total. The lowest BCUT2D eigenvalue weighted by molar-refractivity contribution is 0.202. The predicted octanol–water partition coefficient (Wildman–Crippen LogP) is 2.09. The predicted molar refractivity (Wildman–Crippen MR) is 41.5 cm³/mol. The lowest BCUT2D eigenvalue weighted by Crippen LogP contribution is -1.89. The second-order valence-corrected chi connectivity index (χ2v) is 1.61. The monoisotopic (exact) mass is 142 g/mol. The molecular formula is C8H14O2. The Morgan fingerprint density at radius 2 is 2.10 bits per heavy atom. The Morgan fingerprint density at radius 3 is 2.50 bits per heavy atom. The molecule has 0 aromatic carbocycles. The number of rotatable bonds is 5. The second-order valence-electron chi connectivity index (χ2n) is 1.61. The zero-order valence-electron chi connectivity index (χ0n) is 6.59. The summed E-state index contributed by atoms with van der Waals surface area (Å²) in [6.45, 7) is 8.70.